The average molecular weight is 797 g/mol. The highest BCUT2D eigenvalue weighted by Crippen LogP contribution is 2.62. The molecular formula is C56H36N4S. The van der Waals surface area contributed by atoms with E-state index in [0.29, 0.717) is 17.5 Å². The Kier molecular flexibility index (Phi) is 7.87. The van der Waals surface area contributed by atoms with Crippen molar-refractivity contribution in [2.45, 2.75) is 11.8 Å². The van der Waals surface area contributed by atoms with Gasteiger partial charge in [-0.2, -0.15) is 13.5 Å². The van der Waals surface area contributed by atoms with Crippen LogP contribution in [0.2, 0.25) is 0 Å². The van der Waals surface area contributed by atoms with E-state index < -0.39 is 0 Å². The lowest BCUT2D eigenvalue weighted by Crippen LogP contribution is -2.26. The van der Waals surface area contributed by atoms with Crippen LogP contribution in [0.25, 0.3) is 78.0 Å². The Morgan fingerprint density at radius 3 is 1.48 bits per heavy atom. The minimum atomic E-state index is -0.385. The predicted octanol–water partition coefficient (Wildman–Crippen LogP) is 13.3. The predicted molar refractivity (Wildman–Crippen MR) is 254 cm³/mol. The Morgan fingerprint density at radius 2 is 0.869 bits per heavy atom. The van der Waals surface area contributed by atoms with Crippen molar-refractivity contribution in [3.05, 3.63) is 228 Å². The summed E-state index contributed by atoms with van der Waals surface area (Å²) in [6, 6.07) is 69.9. The number of fused-ring (bicyclic) bond motifs is 15. The topological polar surface area (TPSA) is 51.0 Å². The van der Waals surface area contributed by atoms with Crippen molar-refractivity contribution in [2.24, 2.45) is 4.99 Å². The van der Waals surface area contributed by atoms with Crippen LogP contribution < -0.4 is 0 Å². The lowest BCUT2D eigenvalue weighted by molar-refractivity contribution is 0.793. The third-order valence-corrected chi connectivity index (χ3v) is 12.9. The summed E-state index contributed by atoms with van der Waals surface area (Å²) in [7, 11) is 0. The van der Waals surface area contributed by atoms with Crippen molar-refractivity contribution in [1.82, 2.24) is 15.0 Å². The van der Waals surface area contributed by atoms with E-state index in [4.69, 9.17) is 19.9 Å². The van der Waals surface area contributed by atoms with Crippen LogP contribution in [0.3, 0.4) is 0 Å². The van der Waals surface area contributed by atoms with Gasteiger partial charge in [0.2, 0.25) is 0 Å². The molecule has 0 bridgehead atoms. The standard InChI is InChI=1S/C56H34N4.H2S/c1-3-13-35(14-4-1)53-58-54(36-15-5-2-6-16-36)60-55(59-53)40-28-29-41-37(31-40)25-23-34-24-26-39-33-50(57-52(39)51(34)41)38-27-30-45-44-19-9-12-22-48(44)56(49(45)32-38)46-20-10-7-17-42(46)43-18-8-11-21-47(43)56;/h1-32H,33H2;1H2. The van der Waals surface area contributed by atoms with Crippen molar-refractivity contribution in [3.8, 4) is 56.4 Å². The molecule has 9 aromatic carbocycles. The molecule has 0 fully saturated rings. The largest absolute Gasteiger partial charge is 0.252 e. The molecule has 0 amide bonds. The smallest absolute Gasteiger partial charge is 0.164 e. The summed E-state index contributed by atoms with van der Waals surface area (Å²) in [4.78, 5) is 20.5. The summed E-state index contributed by atoms with van der Waals surface area (Å²) >= 11 is 0. The van der Waals surface area contributed by atoms with Gasteiger partial charge in [0.15, 0.2) is 17.5 Å². The Labute approximate surface area is 360 Å². The second-order valence-electron chi connectivity index (χ2n) is 16.1. The van der Waals surface area contributed by atoms with Crippen LogP contribution in [0, 0.1) is 0 Å². The second-order valence-corrected chi connectivity index (χ2v) is 16.1. The number of aliphatic imine (C=N–C) groups is 1. The molecule has 3 aliphatic rings. The molecule has 1 aliphatic heterocycles. The van der Waals surface area contributed by atoms with E-state index in [0.717, 1.165) is 39.9 Å². The molecule has 0 atom stereocenters. The van der Waals surface area contributed by atoms with Crippen molar-refractivity contribution >= 4 is 46.4 Å². The zero-order chi connectivity index (χ0) is 39.4. The highest BCUT2D eigenvalue weighted by molar-refractivity contribution is 7.59. The molecule has 2 heterocycles. The average Bonchev–Trinajstić information content (AvgIpc) is 3.99. The van der Waals surface area contributed by atoms with E-state index in [1.54, 1.807) is 0 Å². The molecule has 61 heavy (non-hydrogen) atoms. The van der Waals surface area contributed by atoms with Gasteiger partial charge in [0.1, 0.15) is 0 Å². The Bertz CT molecular complexity index is 3340. The monoisotopic (exact) mass is 796 g/mol. The first-order chi connectivity index (χ1) is 29.7. The van der Waals surface area contributed by atoms with Crippen LogP contribution in [0.4, 0.5) is 5.69 Å². The van der Waals surface area contributed by atoms with Crippen LogP contribution in [0.5, 0.6) is 0 Å². The highest BCUT2D eigenvalue weighted by atomic mass is 32.1. The Balaban J connectivity index is 0.00000399. The van der Waals surface area contributed by atoms with Gasteiger partial charge in [-0.3, -0.25) is 4.99 Å². The normalized spacial score (nSPS) is 13.6. The summed E-state index contributed by atoms with van der Waals surface area (Å²) in [5.41, 5.74) is 17.7. The number of hydrogen-bond donors (Lipinski definition) is 0. The van der Waals surface area contributed by atoms with Crippen LogP contribution in [-0.4, -0.2) is 20.7 Å². The molecule has 10 aromatic rings. The van der Waals surface area contributed by atoms with Gasteiger partial charge in [-0.25, -0.2) is 15.0 Å². The summed E-state index contributed by atoms with van der Waals surface area (Å²) < 4.78 is 0. The van der Waals surface area contributed by atoms with Crippen molar-refractivity contribution in [2.75, 3.05) is 0 Å². The van der Waals surface area contributed by atoms with E-state index in [9.17, 15) is 0 Å². The second kappa shape index (κ2) is 13.5. The molecule has 1 aromatic heterocycles. The summed E-state index contributed by atoms with van der Waals surface area (Å²) in [6.07, 6.45) is 0.779. The summed E-state index contributed by atoms with van der Waals surface area (Å²) in [5.74, 6) is 1.95. The molecule has 0 N–H and O–H groups in total. The Morgan fingerprint density at radius 1 is 0.377 bits per heavy atom. The SMILES string of the molecule is S.c1ccc(-c2nc(-c3ccccc3)nc(-c3ccc4c(ccc5ccc6c(c54)N=C(c4ccc5c(c4)C4(c7ccccc7-c7ccccc74)c4ccccc4-5)C6)c3)n2)cc1. The lowest BCUT2D eigenvalue weighted by Gasteiger charge is -2.30. The van der Waals surface area contributed by atoms with Crippen LogP contribution in [0.1, 0.15) is 33.4 Å². The maximum absolute atomic E-state index is 5.53. The zero-order valence-electron chi connectivity index (χ0n) is 33.0. The maximum Gasteiger partial charge on any atom is 0.164 e. The molecule has 0 unspecified atom stereocenters. The molecule has 286 valence electrons. The third kappa shape index (κ3) is 5.14. The van der Waals surface area contributed by atoms with E-state index in [1.807, 2.05) is 60.7 Å². The first-order valence-corrected chi connectivity index (χ1v) is 20.6. The van der Waals surface area contributed by atoms with Gasteiger partial charge in [-0.05, 0) is 83.9 Å². The van der Waals surface area contributed by atoms with Crippen molar-refractivity contribution in [3.63, 3.8) is 0 Å². The highest BCUT2D eigenvalue weighted by Gasteiger charge is 2.51. The lowest BCUT2D eigenvalue weighted by atomic mass is 9.70. The van der Waals surface area contributed by atoms with E-state index in [2.05, 4.69) is 133 Å². The molecule has 0 saturated heterocycles. The molecule has 1 spiro atoms. The van der Waals surface area contributed by atoms with Gasteiger partial charge in [-0.1, -0.05) is 182 Å². The van der Waals surface area contributed by atoms with Crippen molar-refractivity contribution < 1.29 is 0 Å². The summed E-state index contributed by atoms with van der Waals surface area (Å²) in [5, 5.41) is 4.65. The van der Waals surface area contributed by atoms with Gasteiger partial charge in [-0.15, -0.1) is 0 Å². The van der Waals surface area contributed by atoms with Gasteiger partial charge in [0.05, 0.1) is 16.8 Å². The first kappa shape index (κ1) is 35.5. The molecular weight excluding hydrogens is 761 g/mol. The fraction of sp³-hybridized carbons (Fsp3) is 0.0357. The van der Waals surface area contributed by atoms with Crippen molar-refractivity contribution in [1.29, 1.82) is 0 Å². The minimum Gasteiger partial charge on any atom is -0.252 e. The molecule has 2 aliphatic carbocycles. The van der Waals surface area contributed by atoms with Crippen LogP contribution >= 0.6 is 13.5 Å². The first-order valence-electron chi connectivity index (χ1n) is 20.6. The molecule has 13 rings (SSSR count). The van der Waals surface area contributed by atoms with E-state index in [1.165, 1.54) is 71.8 Å². The molecule has 5 heteroatoms. The number of benzene rings is 9. The van der Waals surface area contributed by atoms with Gasteiger partial charge in [0.25, 0.3) is 0 Å². The summed E-state index contributed by atoms with van der Waals surface area (Å²) in [6.45, 7) is 0. The fourth-order valence-electron chi connectivity index (χ4n) is 10.3. The zero-order valence-corrected chi connectivity index (χ0v) is 34.0. The van der Waals surface area contributed by atoms with Crippen LogP contribution in [0.15, 0.2) is 199 Å². The van der Waals surface area contributed by atoms with Gasteiger partial charge in [0, 0.05) is 28.5 Å². The molecule has 0 radical (unpaired) electrons. The van der Waals surface area contributed by atoms with Gasteiger partial charge < -0.3 is 0 Å². The maximum atomic E-state index is 5.53. The molecule has 0 saturated carbocycles. The number of nitrogens with zero attached hydrogens (tertiary/aromatic N) is 4. The fourth-order valence-corrected chi connectivity index (χ4v) is 10.3. The van der Waals surface area contributed by atoms with Crippen LogP contribution in [-0.2, 0) is 11.8 Å². The number of hydrogen-bond acceptors (Lipinski definition) is 4. The number of rotatable bonds is 4. The quantitative estimate of drug-likeness (QED) is 0.167. The van der Waals surface area contributed by atoms with E-state index >= 15 is 0 Å². The van der Waals surface area contributed by atoms with E-state index in [-0.39, 0.29) is 18.9 Å². The van der Waals surface area contributed by atoms with Gasteiger partial charge >= 0.3 is 0 Å². The Hall–Kier alpha value is -7.47. The number of aromatic nitrogens is 3. The minimum absolute atomic E-state index is 0. The molecule has 4 nitrogen and oxygen atoms in total. The third-order valence-electron chi connectivity index (χ3n) is 12.9.